The topological polar surface area (TPSA) is 75.8 Å². The molecule has 1 aromatic rings. The fourth-order valence-corrected chi connectivity index (χ4v) is 2.11. The lowest BCUT2D eigenvalue weighted by Crippen LogP contribution is -2.52. The maximum Gasteiger partial charge on any atom is 0.357 e. The second-order valence-corrected chi connectivity index (χ2v) is 4.89. The van der Waals surface area contributed by atoms with Gasteiger partial charge in [0.2, 0.25) is 0 Å². The number of aromatic nitrogens is 1. The highest BCUT2D eigenvalue weighted by atomic mass is 16.5. The van der Waals surface area contributed by atoms with Crippen molar-refractivity contribution >= 4 is 12.0 Å². The highest BCUT2D eigenvalue weighted by Crippen LogP contribution is 2.25. The SMILES string of the molecule is CC1CN(c2nc(C(=O)O)co2)CC(C)(C)O1. The Morgan fingerprint density at radius 3 is 2.88 bits per heavy atom. The third kappa shape index (κ3) is 2.58. The Morgan fingerprint density at radius 1 is 1.65 bits per heavy atom. The smallest absolute Gasteiger partial charge is 0.357 e. The van der Waals surface area contributed by atoms with Gasteiger partial charge >= 0.3 is 5.97 Å². The van der Waals surface area contributed by atoms with Crippen LogP contribution in [-0.2, 0) is 4.74 Å². The van der Waals surface area contributed by atoms with E-state index in [1.165, 1.54) is 0 Å². The van der Waals surface area contributed by atoms with Crippen molar-refractivity contribution < 1.29 is 19.1 Å². The van der Waals surface area contributed by atoms with Gasteiger partial charge in [0.05, 0.1) is 18.2 Å². The van der Waals surface area contributed by atoms with E-state index in [0.717, 1.165) is 6.26 Å². The number of oxazole rings is 1. The summed E-state index contributed by atoms with van der Waals surface area (Å²) in [5, 5.41) is 8.79. The van der Waals surface area contributed by atoms with Gasteiger partial charge in [0.1, 0.15) is 6.26 Å². The molecule has 2 heterocycles. The minimum absolute atomic E-state index is 0.0546. The molecule has 1 atom stereocenters. The molecule has 17 heavy (non-hydrogen) atoms. The number of hydrogen-bond acceptors (Lipinski definition) is 5. The zero-order valence-corrected chi connectivity index (χ0v) is 10.1. The normalized spacial score (nSPS) is 23.7. The van der Waals surface area contributed by atoms with Gasteiger partial charge in [0.25, 0.3) is 6.01 Å². The van der Waals surface area contributed by atoms with Gasteiger partial charge in [-0.1, -0.05) is 0 Å². The lowest BCUT2D eigenvalue weighted by atomic mass is 10.1. The van der Waals surface area contributed by atoms with Crippen molar-refractivity contribution in [3.63, 3.8) is 0 Å². The Balaban J connectivity index is 2.18. The van der Waals surface area contributed by atoms with Crippen LogP contribution < -0.4 is 4.90 Å². The summed E-state index contributed by atoms with van der Waals surface area (Å²) < 4.78 is 10.9. The van der Waals surface area contributed by atoms with Gasteiger partial charge in [0, 0.05) is 6.54 Å². The van der Waals surface area contributed by atoms with E-state index in [9.17, 15) is 4.79 Å². The molecule has 1 N–H and O–H groups in total. The average Bonchev–Trinajstić information content (AvgIpc) is 2.62. The number of carbonyl (C=O) groups is 1. The predicted molar refractivity (Wildman–Crippen MR) is 60.3 cm³/mol. The highest BCUT2D eigenvalue weighted by molar-refractivity contribution is 5.85. The van der Waals surface area contributed by atoms with E-state index < -0.39 is 5.97 Å². The van der Waals surface area contributed by atoms with Crippen molar-refractivity contribution in [1.29, 1.82) is 0 Å². The minimum atomic E-state index is -1.08. The van der Waals surface area contributed by atoms with Crippen LogP contribution in [0, 0.1) is 0 Å². The molecule has 0 radical (unpaired) electrons. The first kappa shape index (κ1) is 11.9. The molecule has 0 bridgehead atoms. The van der Waals surface area contributed by atoms with E-state index in [1.807, 2.05) is 25.7 Å². The summed E-state index contributed by atoms with van der Waals surface area (Å²) in [7, 11) is 0. The Hall–Kier alpha value is -1.56. The van der Waals surface area contributed by atoms with Crippen LogP contribution in [0.2, 0.25) is 0 Å². The summed E-state index contributed by atoms with van der Waals surface area (Å²) in [6, 6.07) is 0.339. The number of anilines is 1. The Morgan fingerprint density at radius 2 is 2.35 bits per heavy atom. The molecule has 0 spiro atoms. The monoisotopic (exact) mass is 240 g/mol. The summed E-state index contributed by atoms with van der Waals surface area (Å²) in [5.41, 5.74) is -0.368. The molecule has 6 heteroatoms. The minimum Gasteiger partial charge on any atom is -0.476 e. The molecule has 0 aliphatic carbocycles. The molecule has 1 aromatic heterocycles. The van der Waals surface area contributed by atoms with Crippen molar-refractivity contribution in [3.8, 4) is 0 Å². The lowest BCUT2D eigenvalue weighted by molar-refractivity contribution is -0.0761. The van der Waals surface area contributed by atoms with Crippen LogP contribution in [-0.4, -0.2) is 40.9 Å². The van der Waals surface area contributed by atoms with Crippen molar-refractivity contribution in [1.82, 2.24) is 4.98 Å². The Bertz CT molecular complexity index is 427. The number of rotatable bonds is 2. The molecular weight excluding hydrogens is 224 g/mol. The molecule has 1 aliphatic heterocycles. The van der Waals surface area contributed by atoms with Crippen LogP contribution in [0.15, 0.2) is 10.7 Å². The van der Waals surface area contributed by atoms with Crippen molar-refractivity contribution in [2.75, 3.05) is 18.0 Å². The van der Waals surface area contributed by atoms with Crippen LogP contribution in [0.3, 0.4) is 0 Å². The summed E-state index contributed by atoms with van der Waals surface area (Å²) in [4.78, 5) is 16.6. The van der Waals surface area contributed by atoms with E-state index in [4.69, 9.17) is 14.3 Å². The summed E-state index contributed by atoms with van der Waals surface area (Å²) in [6.45, 7) is 7.20. The number of carboxylic acid groups (broad SMARTS) is 1. The first-order chi connectivity index (χ1) is 7.87. The largest absolute Gasteiger partial charge is 0.476 e. The maximum atomic E-state index is 10.7. The molecular formula is C11H16N2O4. The third-order valence-corrected chi connectivity index (χ3v) is 2.55. The van der Waals surface area contributed by atoms with Crippen molar-refractivity contribution in [3.05, 3.63) is 12.0 Å². The summed E-state index contributed by atoms with van der Waals surface area (Å²) >= 11 is 0. The van der Waals surface area contributed by atoms with Crippen LogP contribution in [0.4, 0.5) is 6.01 Å². The van der Waals surface area contributed by atoms with Crippen molar-refractivity contribution in [2.24, 2.45) is 0 Å². The standard InChI is InChI=1S/C11H16N2O4/c1-7-4-13(6-11(2,3)17-7)10-12-8(5-16-10)9(14)15/h5,7H,4,6H2,1-3H3,(H,14,15). The number of morpholine rings is 1. The first-order valence-corrected chi connectivity index (χ1v) is 5.49. The zero-order valence-electron chi connectivity index (χ0n) is 10.1. The van der Waals surface area contributed by atoms with Crippen LogP contribution in [0.25, 0.3) is 0 Å². The van der Waals surface area contributed by atoms with E-state index in [-0.39, 0.29) is 17.4 Å². The fourth-order valence-electron chi connectivity index (χ4n) is 2.11. The number of aromatic carboxylic acids is 1. The number of hydrogen-bond donors (Lipinski definition) is 1. The van der Waals surface area contributed by atoms with Gasteiger partial charge in [0.15, 0.2) is 5.69 Å². The quantitative estimate of drug-likeness (QED) is 0.841. The van der Waals surface area contributed by atoms with Gasteiger partial charge in [-0.25, -0.2) is 4.79 Å². The van der Waals surface area contributed by atoms with Gasteiger partial charge in [-0.15, -0.1) is 0 Å². The van der Waals surface area contributed by atoms with E-state index >= 15 is 0 Å². The Kier molecular flexibility index (Phi) is 2.82. The molecule has 1 fully saturated rings. The van der Waals surface area contributed by atoms with Crippen molar-refractivity contribution in [2.45, 2.75) is 32.5 Å². The summed E-state index contributed by atoms with van der Waals surface area (Å²) in [6.07, 6.45) is 1.21. The van der Waals surface area contributed by atoms with Crippen LogP contribution in [0.1, 0.15) is 31.3 Å². The molecule has 1 saturated heterocycles. The summed E-state index contributed by atoms with van der Waals surface area (Å²) in [5.74, 6) is -1.08. The maximum absolute atomic E-state index is 10.7. The van der Waals surface area contributed by atoms with Gasteiger partial charge in [-0.2, -0.15) is 4.98 Å². The number of ether oxygens (including phenoxy) is 1. The molecule has 94 valence electrons. The molecule has 0 amide bonds. The van der Waals surface area contributed by atoms with Gasteiger partial charge in [-0.05, 0) is 20.8 Å². The molecule has 6 nitrogen and oxygen atoms in total. The van der Waals surface area contributed by atoms with E-state index in [2.05, 4.69) is 4.98 Å². The second kappa shape index (κ2) is 4.03. The third-order valence-electron chi connectivity index (χ3n) is 2.55. The van der Waals surface area contributed by atoms with Gasteiger partial charge in [-0.3, -0.25) is 0 Å². The molecule has 0 saturated carbocycles. The average molecular weight is 240 g/mol. The molecule has 1 unspecified atom stereocenters. The van der Waals surface area contributed by atoms with Gasteiger partial charge < -0.3 is 19.2 Å². The molecule has 2 rings (SSSR count). The Labute approximate surface area is 99.2 Å². The first-order valence-electron chi connectivity index (χ1n) is 5.49. The van der Waals surface area contributed by atoms with Crippen LogP contribution >= 0.6 is 0 Å². The fraction of sp³-hybridized carbons (Fsp3) is 0.636. The predicted octanol–water partition coefficient (Wildman–Crippen LogP) is 1.38. The zero-order chi connectivity index (χ0) is 12.6. The molecule has 1 aliphatic rings. The number of carboxylic acids is 1. The van der Waals surface area contributed by atoms with Crippen LogP contribution in [0.5, 0.6) is 0 Å². The lowest BCUT2D eigenvalue weighted by Gasteiger charge is -2.40. The highest BCUT2D eigenvalue weighted by Gasteiger charge is 2.33. The second-order valence-electron chi connectivity index (χ2n) is 4.89. The molecule has 0 aromatic carbocycles. The van der Waals surface area contributed by atoms with E-state index in [0.29, 0.717) is 19.1 Å². The van der Waals surface area contributed by atoms with E-state index in [1.54, 1.807) is 0 Å². The number of nitrogens with zero attached hydrogens (tertiary/aromatic N) is 2.